The molecule has 0 spiro atoms. The van der Waals surface area contributed by atoms with Crippen LogP contribution in [0.2, 0.25) is 0 Å². The largest absolute Gasteiger partial charge is 0.370 e. The van der Waals surface area contributed by atoms with E-state index in [1.54, 1.807) is 6.33 Å². The third-order valence-electron chi connectivity index (χ3n) is 2.99. The highest BCUT2D eigenvalue weighted by Gasteiger charge is 2.12. The molecule has 1 unspecified atom stereocenters. The van der Waals surface area contributed by atoms with Gasteiger partial charge < -0.3 is 16.0 Å². The Morgan fingerprint density at radius 1 is 1.35 bits per heavy atom. The summed E-state index contributed by atoms with van der Waals surface area (Å²) in [6, 6.07) is 2.63. The van der Waals surface area contributed by atoms with Crippen LogP contribution in [0, 0.1) is 0 Å². The summed E-state index contributed by atoms with van der Waals surface area (Å²) in [5.41, 5.74) is 0. The number of anilines is 2. The van der Waals surface area contributed by atoms with Crippen molar-refractivity contribution in [1.82, 2.24) is 15.3 Å². The van der Waals surface area contributed by atoms with E-state index in [4.69, 9.17) is 0 Å². The van der Waals surface area contributed by atoms with Gasteiger partial charge in [-0.1, -0.05) is 0 Å². The molecule has 0 amide bonds. The first-order valence-corrected chi connectivity index (χ1v) is 6.41. The Morgan fingerprint density at radius 2 is 2.18 bits per heavy atom. The molecule has 2 heterocycles. The highest BCUT2D eigenvalue weighted by atomic mass is 15.1. The third kappa shape index (κ3) is 3.85. The molecular formula is C12H21N5. The van der Waals surface area contributed by atoms with Crippen molar-refractivity contribution in [2.24, 2.45) is 0 Å². The summed E-state index contributed by atoms with van der Waals surface area (Å²) in [6.07, 6.45) is 5.35. The molecule has 0 radical (unpaired) electrons. The molecule has 1 fully saturated rings. The lowest BCUT2D eigenvalue weighted by atomic mass is 10.1. The zero-order valence-electron chi connectivity index (χ0n) is 10.4. The minimum atomic E-state index is 0.678. The highest BCUT2D eigenvalue weighted by Crippen LogP contribution is 2.11. The van der Waals surface area contributed by atoms with E-state index in [2.05, 4.69) is 32.8 Å². The summed E-state index contributed by atoms with van der Waals surface area (Å²) >= 11 is 0. The average Bonchev–Trinajstić information content (AvgIpc) is 2.83. The van der Waals surface area contributed by atoms with Crippen molar-refractivity contribution in [2.45, 2.75) is 32.2 Å². The molecule has 17 heavy (non-hydrogen) atoms. The normalized spacial score (nSPS) is 19.2. The van der Waals surface area contributed by atoms with Crippen LogP contribution in [0.5, 0.6) is 0 Å². The predicted octanol–water partition coefficient (Wildman–Crippen LogP) is 1.46. The molecule has 5 nitrogen and oxygen atoms in total. The molecule has 5 heteroatoms. The zero-order valence-corrected chi connectivity index (χ0v) is 10.4. The fourth-order valence-electron chi connectivity index (χ4n) is 2.11. The van der Waals surface area contributed by atoms with Gasteiger partial charge in [0.2, 0.25) is 0 Å². The van der Waals surface area contributed by atoms with E-state index in [9.17, 15) is 0 Å². The lowest BCUT2D eigenvalue weighted by Gasteiger charge is -2.11. The fraction of sp³-hybridized carbons (Fsp3) is 0.667. The smallest absolute Gasteiger partial charge is 0.131 e. The second-order valence-corrected chi connectivity index (χ2v) is 4.33. The molecule has 0 saturated carbocycles. The van der Waals surface area contributed by atoms with Crippen LogP contribution in [0.15, 0.2) is 12.4 Å². The van der Waals surface area contributed by atoms with Gasteiger partial charge in [-0.05, 0) is 32.7 Å². The molecule has 1 aromatic heterocycles. The van der Waals surface area contributed by atoms with Crippen molar-refractivity contribution >= 4 is 11.6 Å². The Morgan fingerprint density at radius 3 is 2.88 bits per heavy atom. The molecular weight excluding hydrogens is 214 g/mol. The predicted molar refractivity (Wildman–Crippen MR) is 70.3 cm³/mol. The number of hydrogen-bond acceptors (Lipinski definition) is 5. The minimum Gasteiger partial charge on any atom is -0.370 e. The molecule has 1 aliphatic heterocycles. The summed E-state index contributed by atoms with van der Waals surface area (Å²) in [7, 11) is 0. The molecule has 1 aromatic rings. The van der Waals surface area contributed by atoms with Gasteiger partial charge in [0.05, 0.1) is 0 Å². The molecule has 0 aromatic carbocycles. The first kappa shape index (κ1) is 12.1. The second kappa shape index (κ2) is 6.39. The molecule has 0 aliphatic carbocycles. The first-order valence-electron chi connectivity index (χ1n) is 6.41. The maximum absolute atomic E-state index is 4.20. The maximum Gasteiger partial charge on any atom is 0.131 e. The lowest BCUT2D eigenvalue weighted by Crippen LogP contribution is -2.24. The molecule has 94 valence electrons. The van der Waals surface area contributed by atoms with E-state index in [0.29, 0.717) is 6.04 Å². The number of hydrogen-bond donors (Lipinski definition) is 3. The summed E-state index contributed by atoms with van der Waals surface area (Å²) < 4.78 is 0. The summed E-state index contributed by atoms with van der Waals surface area (Å²) in [6.45, 7) is 5.06. The van der Waals surface area contributed by atoms with Crippen LogP contribution in [0.4, 0.5) is 11.6 Å². The third-order valence-corrected chi connectivity index (χ3v) is 2.99. The topological polar surface area (TPSA) is 61.9 Å². The van der Waals surface area contributed by atoms with Gasteiger partial charge in [-0.2, -0.15) is 0 Å². The quantitative estimate of drug-likeness (QED) is 0.697. The van der Waals surface area contributed by atoms with Gasteiger partial charge in [-0.25, -0.2) is 9.97 Å². The van der Waals surface area contributed by atoms with Crippen LogP contribution in [-0.2, 0) is 0 Å². The minimum absolute atomic E-state index is 0.678. The van der Waals surface area contributed by atoms with Gasteiger partial charge in [-0.15, -0.1) is 0 Å². The molecule has 1 atom stereocenters. The van der Waals surface area contributed by atoms with Crippen LogP contribution in [0.3, 0.4) is 0 Å². The first-order chi connectivity index (χ1) is 8.38. The Labute approximate surface area is 102 Å². The molecule has 0 bridgehead atoms. The Hall–Kier alpha value is -1.36. The van der Waals surface area contributed by atoms with Crippen molar-refractivity contribution < 1.29 is 0 Å². The number of rotatable bonds is 6. The lowest BCUT2D eigenvalue weighted by molar-refractivity contribution is 0.574. The number of nitrogens with zero attached hydrogens (tertiary/aromatic N) is 2. The van der Waals surface area contributed by atoms with Gasteiger partial charge in [-0.3, -0.25) is 0 Å². The highest BCUT2D eigenvalue weighted by molar-refractivity contribution is 5.46. The van der Waals surface area contributed by atoms with E-state index >= 15 is 0 Å². The summed E-state index contributed by atoms with van der Waals surface area (Å²) in [4.78, 5) is 8.34. The van der Waals surface area contributed by atoms with Gasteiger partial charge in [0.15, 0.2) is 0 Å². The van der Waals surface area contributed by atoms with E-state index < -0.39 is 0 Å². The Bertz CT molecular complexity index is 335. The molecule has 1 aliphatic rings. The van der Waals surface area contributed by atoms with Gasteiger partial charge in [0.1, 0.15) is 18.0 Å². The van der Waals surface area contributed by atoms with Crippen molar-refractivity contribution in [3.63, 3.8) is 0 Å². The van der Waals surface area contributed by atoms with E-state index in [1.165, 1.54) is 19.4 Å². The van der Waals surface area contributed by atoms with Gasteiger partial charge in [0.25, 0.3) is 0 Å². The molecule has 1 saturated heterocycles. The number of aromatic nitrogens is 2. The average molecular weight is 235 g/mol. The molecule has 2 rings (SSSR count). The van der Waals surface area contributed by atoms with Crippen LogP contribution >= 0.6 is 0 Å². The second-order valence-electron chi connectivity index (χ2n) is 4.33. The van der Waals surface area contributed by atoms with Crippen molar-refractivity contribution in [2.75, 3.05) is 30.3 Å². The van der Waals surface area contributed by atoms with Crippen LogP contribution in [0.25, 0.3) is 0 Å². The van der Waals surface area contributed by atoms with Crippen LogP contribution < -0.4 is 16.0 Å². The Balaban J connectivity index is 1.75. The van der Waals surface area contributed by atoms with Crippen molar-refractivity contribution in [1.29, 1.82) is 0 Å². The molecule has 3 N–H and O–H groups in total. The Kier molecular flexibility index (Phi) is 4.55. The van der Waals surface area contributed by atoms with Crippen LogP contribution in [0.1, 0.15) is 26.2 Å². The summed E-state index contributed by atoms with van der Waals surface area (Å²) in [5.74, 6) is 1.78. The van der Waals surface area contributed by atoms with Crippen molar-refractivity contribution in [3.05, 3.63) is 12.4 Å². The van der Waals surface area contributed by atoms with Crippen molar-refractivity contribution in [3.8, 4) is 0 Å². The van der Waals surface area contributed by atoms with Gasteiger partial charge >= 0.3 is 0 Å². The number of nitrogens with one attached hydrogen (secondary N) is 3. The monoisotopic (exact) mass is 235 g/mol. The van der Waals surface area contributed by atoms with E-state index in [0.717, 1.165) is 31.1 Å². The summed E-state index contributed by atoms with van der Waals surface area (Å²) in [5, 5.41) is 10.0. The maximum atomic E-state index is 4.20. The van der Waals surface area contributed by atoms with Gasteiger partial charge in [0, 0.05) is 25.2 Å². The van der Waals surface area contributed by atoms with E-state index in [-0.39, 0.29) is 0 Å². The zero-order chi connectivity index (χ0) is 11.9. The van der Waals surface area contributed by atoms with E-state index in [1.807, 2.05) is 6.07 Å². The fourth-order valence-corrected chi connectivity index (χ4v) is 2.11. The standard InChI is InChI=1S/C12H21N5/c1-2-13-11-8-12(17-9-16-11)15-7-5-10-4-3-6-14-10/h8-10,14H,2-7H2,1H3,(H2,13,15,16,17). The van der Waals surface area contributed by atoms with Crippen LogP contribution in [-0.4, -0.2) is 35.6 Å². The SMILES string of the molecule is CCNc1cc(NCCC2CCCN2)ncn1.